The second kappa shape index (κ2) is 14.0. The first-order chi connectivity index (χ1) is 21.3. The highest BCUT2D eigenvalue weighted by Gasteiger charge is 2.30. The van der Waals surface area contributed by atoms with Crippen LogP contribution in [0.3, 0.4) is 0 Å². The van der Waals surface area contributed by atoms with Crippen LogP contribution in [-0.4, -0.2) is 51.0 Å². The summed E-state index contributed by atoms with van der Waals surface area (Å²) in [7, 11) is 0. The molecule has 0 aliphatic heterocycles. The number of halogens is 1. The van der Waals surface area contributed by atoms with Gasteiger partial charge < -0.3 is 20.1 Å². The van der Waals surface area contributed by atoms with Crippen LogP contribution in [0.2, 0.25) is 0 Å². The van der Waals surface area contributed by atoms with E-state index in [1.165, 1.54) is 41.3 Å². The van der Waals surface area contributed by atoms with Crippen molar-refractivity contribution in [3.8, 4) is 11.4 Å². The van der Waals surface area contributed by atoms with Crippen LogP contribution in [0.25, 0.3) is 5.69 Å². The zero-order chi connectivity index (χ0) is 31.2. The Hall–Kier alpha value is -4.23. The van der Waals surface area contributed by atoms with Gasteiger partial charge in [-0.1, -0.05) is 17.8 Å². The van der Waals surface area contributed by atoms with E-state index in [0.717, 1.165) is 35.8 Å². The van der Waals surface area contributed by atoms with E-state index in [1.807, 2.05) is 31.2 Å². The minimum Gasteiger partial charge on any atom is -0.494 e. The fourth-order valence-electron chi connectivity index (χ4n) is 4.84. The second-order valence-electron chi connectivity index (χ2n) is 9.89. The molecule has 0 spiro atoms. The molecular formula is C31H32FN5O5S2. The van der Waals surface area contributed by atoms with E-state index >= 15 is 0 Å². The molecule has 2 amide bonds. The van der Waals surface area contributed by atoms with E-state index in [4.69, 9.17) is 9.47 Å². The number of benzene rings is 2. The van der Waals surface area contributed by atoms with Crippen LogP contribution < -0.4 is 15.4 Å². The van der Waals surface area contributed by atoms with Gasteiger partial charge in [0.2, 0.25) is 5.91 Å². The summed E-state index contributed by atoms with van der Waals surface area (Å²) in [4.78, 5) is 40.0. The van der Waals surface area contributed by atoms with Gasteiger partial charge in [-0.15, -0.1) is 21.5 Å². The molecule has 0 saturated carbocycles. The first kappa shape index (κ1) is 31.2. The highest BCUT2D eigenvalue weighted by molar-refractivity contribution is 8.00. The molecule has 10 nitrogen and oxygen atoms in total. The molecule has 5 rings (SSSR count). The van der Waals surface area contributed by atoms with E-state index < -0.39 is 22.9 Å². The first-order valence-electron chi connectivity index (χ1n) is 14.3. The molecule has 230 valence electrons. The normalized spacial score (nSPS) is 12.8. The number of fused-ring (bicyclic) bond motifs is 1. The van der Waals surface area contributed by atoms with Gasteiger partial charge in [-0.25, -0.2) is 9.18 Å². The Labute approximate surface area is 262 Å². The van der Waals surface area contributed by atoms with Gasteiger partial charge in [-0.2, -0.15) is 0 Å². The maximum Gasteiger partial charge on any atom is 0.341 e. The number of hydrogen-bond acceptors (Lipinski definition) is 9. The first-order valence-corrected chi connectivity index (χ1v) is 16.0. The molecule has 1 atom stereocenters. The topological polar surface area (TPSA) is 124 Å². The third-order valence-electron chi connectivity index (χ3n) is 6.89. The molecule has 13 heteroatoms. The number of hydrogen-bond donors (Lipinski definition) is 2. The lowest BCUT2D eigenvalue weighted by Gasteiger charge is -2.15. The summed E-state index contributed by atoms with van der Waals surface area (Å²) < 4.78 is 26.3. The molecule has 1 aliphatic carbocycles. The molecule has 2 heterocycles. The SMILES string of the molecule is CCOC(=O)c1c(NC(=O)[C@@H](C)Sc2nnc(CNC(=O)c3cccc(F)c3)n2-c2ccc(OCC)cc2)sc2c1CCC2. The van der Waals surface area contributed by atoms with E-state index in [1.54, 1.807) is 18.4 Å². The lowest BCUT2D eigenvalue weighted by molar-refractivity contribution is -0.115. The Bertz CT molecular complexity index is 1670. The lowest BCUT2D eigenvalue weighted by Crippen LogP contribution is -2.25. The molecule has 44 heavy (non-hydrogen) atoms. The van der Waals surface area contributed by atoms with E-state index in [-0.39, 0.29) is 24.6 Å². The Kier molecular flexibility index (Phi) is 9.95. The number of aromatic nitrogens is 3. The highest BCUT2D eigenvalue weighted by Crippen LogP contribution is 2.40. The maximum absolute atomic E-state index is 13.7. The fraction of sp³-hybridized carbons (Fsp3) is 0.323. The summed E-state index contributed by atoms with van der Waals surface area (Å²) >= 11 is 2.61. The number of ether oxygens (including phenoxy) is 2. The zero-order valence-corrected chi connectivity index (χ0v) is 26.1. The Balaban J connectivity index is 1.37. The Morgan fingerprint density at radius 1 is 1.09 bits per heavy atom. The quantitative estimate of drug-likeness (QED) is 0.152. The molecule has 0 saturated heterocycles. The summed E-state index contributed by atoms with van der Waals surface area (Å²) in [6.07, 6.45) is 2.63. The molecule has 4 aromatic rings. The molecule has 1 aliphatic rings. The largest absolute Gasteiger partial charge is 0.494 e. The van der Waals surface area contributed by atoms with Gasteiger partial charge in [-0.05, 0) is 88.1 Å². The smallest absolute Gasteiger partial charge is 0.341 e. The van der Waals surface area contributed by atoms with Crippen molar-refractivity contribution in [2.24, 2.45) is 0 Å². The number of anilines is 1. The number of rotatable bonds is 12. The lowest BCUT2D eigenvalue weighted by atomic mass is 10.1. The van der Waals surface area contributed by atoms with Gasteiger partial charge in [-0.3, -0.25) is 14.2 Å². The molecule has 2 N–H and O–H groups in total. The van der Waals surface area contributed by atoms with Crippen LogP contribution >= 0.6 is 23.1 Å². The van der Waals surface area contributed by atoms with Crippen molar-refractivity contribution in [3.05, 3.63) is 81.7 Å². The van der Waals surface area contributed by atoms with Crippen LogP contribution in [-0.2, 0) is 28.9 Å². The predicted octanol–water partition coefficient (Wildman–Crippen LogP) is 5.58. The fourth-order valence-corrected chi connectivity index (χ4v) is 7.00. The standard InChI is InChI=1S/C31H32FN5O5S2/c1-4-41-22-14-12-21(13-15-22)37-25(17-33-28(39)19-8-6-9-20(32)16-19)35-36-31(37)43-18(3)27(38)34-29-26(30(40)42-5-2)23-10-7-11-24(23)44-29/h6,8-9,12-16,18H,4-5,7,10-11,17H2,1-3H3,(H,33,39)(H,34,38)/t18-/m1/s1. The number of esters is 1. The predicted molar refractivity (Wildman–Crippen MR) is 166 cm³/mol. The monoisotopic (exact) mass is 637 g/mol. The third kappa shape index (κ3) is 6.94. The molecule has 2 aromatic carbocycles. The van der Waals surface area contributed by atoms with Crippen LogP contribution in [0.1, 0.15) is 64.2 Å². The van der Waals surface area contributed by atoms with Crippen molar-refractivity contribution in [1.82, 2.24) is 20.1 Å². The van der Waals surface area contributed by atoms with Gasteiger partial charge in [0.05, 0.1) is 30.6 Å². The molecule has 0 fully saturated rings. The van der Waals surface area contributed by atoms with Crippen molar-refractivity contribution >= 4 is 45.9 Å². The second-order valence-corrected chi connectivity index (χ2v) is 12.3. The number of nitrogens with zero attached hydrogens (tertiary/aromatic N) is 3. The van der Waals surface area contributed by atoms with E-state index in [9.17, 15) is 18.8 Å². The van der Waals surface area contributed by atoms with Crippen molar-refractivity contribution in [2.75, 3.05) is 18.5 Å². The number of aryl methyl sites for hydroxylation is 1. The van der Waals surface area contributed by atoms with Crippen molar-refractivity contribution in [1.29, 1.82) is 0 Å². The number of nitrogens with one attached hydrogen (secondary N) is 2. The van der Waals surface area contributed by atoms with Gasteiger partial charge in [0, 0.05) is 16.1 Å². The molecule has 0 radical (unpaired) electrons. The average molecular weight is 638 g/mol. The van der Waals surface area contributed by atoms with Crippen LogP contribution in [0.15, 0.2) is 53.7 Å². The molecular weight excluding hydrogens is 606 g/mol. The summed E-state index contributed by atoms with van der Waals surface area (Å²) in [5, 5.41) is 14.7. The third-order valence-corrected chi connectivity index (χ3v) is 9.14. The molecule has 0 unspecified atom stereocenters. The summed E-state index contributed by atoms with van der Waals surface area (Å²) in [5.41, 5.74) is 2.29. The molecule has 2 aromatic heterocycles. The summed E-state index contributed by atoms with van der Waals surface area (Å²) in [5.74, 6) is -0.609. The number of carbonyl (C=O) groups excluding carboxylic acids is 3. The average Bonchev–Trinajstić information content (AvgIpc) is 3.71. The number of thioether (sulfide) groups is 1. The maximum atomic E-state index is 13.7. The summed E-state index contributed by atoms with van der Waals surface area (Å²) in [6, 6.07) is 12.7. The number of amides is 2. The molecule has 0 bridgehead atoms. The van der Waals surface area contributed by atoms with Gasteiger partial charge in [0.1, 0.15) is 16.6 Å². The van der Waals surface area contributed by atoms with Crippen molar-refractivity contribution in [3.63, 3.8) is 0 Å². The minimum atomic E-state index is -0.623. The number of thiophene rings is 1. The van der Waals surface area contributed by atoms with E-state index in [2.05, 4.69) is 20.8 Å². The highest BCUT2D eigenvalue weighted by atomic mass is 32.2. The van der Waals surface area contributed by atoms with Gasteiger partial charge >= 0.3 is 5.97 Å². The Morgan fingerprint density at radius 2 is 1.89 bits per heavy atom. The van der Waals surface area contributed by atoms with Gasteiger partial charge in [0.25, 0.3) is 5.91 Å². The van der Waals surface area contributed by atoms with E-state index in [0.29, 0.717) is 39.6 Å². The summed E-state index contributed by atoms with van der Waals surface area (Å²) in [6.45, 7) is 6.16. The number of carbonyl (C=O) groups is 3. The van der Waals surface area contributed by atoms with Crippen molar-refractivity contribution in [2.45, 2.75) is 57.0 Å². The van der Waals surface area contributed by atoms with Crippen molar-refractivity contribution < 1.29 is 28.2 Å². The van der Waals surface area contributed by atoms with Crippen LogP contribution in [0.4, 0.5) is 9.39 Å². The van der Waals surface area contributed by atoms with Crippen LogP contribution in [0, 0.1) is 5.82 Å². The van der Waals surface area contributed by atoms with Gasteiger partial charge in [0.15, 0.2) is 11.0 Å². The minimum absolute atomic E-state index is 0.000342. The Morgan fingerprint density at radius 3 is 2.61 bits per heavy atom. The van der Waals surface area contributed by atoms with Crippen LogP contribution in [0.5, 0.6) is 5.75 Å². The zero-order valence-electron chi connectivity index (χ0n) is 24.5.